The highest BCUT2D eigenvalue weighted by molar-refractivity contribution is 7.80. The molecule has 1 aromatic rings. The summed E-state index contributed by atoms with van der Waals surface area (Å²) in [5.41, 5.74) is 7.11. The number of halogens is 1. The van der Waals surface area contributed by atoms with Gasteiger partial charge in [-0.2, -0.15) is 0 Å². The predicted octanol–water partition coefficient (Wildman–Crippen LogP) is 2.79. The molecule has 6 heteroatoms. The van der Waals surface area contributed by atoms with E-state index in [0.29, 0.717) is 23.6 Å². The van der Waals surface area contributed by atoms with Gasteiger partial charge in [-0.25, -0.2) is 0 Å². The van der Waals surface area contributed by atoms with Gasteiger partial charge in [-0.3, -0.25) is 4.79 Å². The van der Waals surface area contributed by atoms with Crippen molar-refractivity contribution in [2.24, 2.45) is 5.73 Å². The molecule has 0 bridgehead atoms. The Morgan fingerprint density at radius 1 is 1.33 bits per heavy atom. The van der Waals surface area contributed by atoms with Crippen molar-refractivity contribution in [3.8, 4) is 0 Å². The van der Waals surface area contributed by atoms with Crippen LogP contribution in [0.5, 0.6) is 0 Å². The molecule has 4 nitrogen and oxygen atoms in total. The van der Waals surface area contributed by atoms with Gasteiger partial charge in [-0.05, 0) is 31.4 Å². The molecule has 0 atom stereocenters. The molecule has 1 aromatic carbocycles. The Hall–Kier alpha value is -1.33. The molecule has 0 aromatic heterocycles. The van der Waals surface area contributed by atoms with Gasteiger partial charge in [0.15, 0.2) is 0 Å². The first-order valence-corrected chi connectivity index (χ1v) is 7.98. The van der Waals surface area contributed by atoms with E-state index in [2.05, 4.69) is 5.32 Å². The van der Waals surface area contributed by atoms with E-state index in [0.717, 1.165) is 31.6 Å². The van der Waals surface area contributed by atoms with Crippen LogP contribution in [0.15, 0.2) is 18.2 Å². The molecule has 1 aliphatic heterocycles. The van der Waals surface area contributed by atoms with Gasteiger partial charge in [0.2, 0.25) is 5.91 Å². The summed E-state index contributed by atoms with van der Waals surface area (Å²) < 4.78 is 0. The number of hydrogen-bond acceptors (Lipinski definition) is 3. The van der Waals surface area contributed by atoms with Crippen molar-refractivity contribution in [2.45, 2.75) is 25.7 Å². The highest BCUT2D eigenvalue weighted by Crippen LogP contribution is 2.24. The Labute approximate surface area is 135 Å². The van der Waals surface area contributed by atoms with Crippen molar-refractivity contribution < 1.29 is 4.79 Å². The van der Waals surface area contributed by atoms with Crippen LogP contribution in [-0.4, -0.2) is 35.4 Å². The second kappa shape index (κ2) is 7.61. The van der Waals surface area contributed by atoms with Gasteiger partial charge in [-0.1, -0.05) is 29.9 Å². The summed E-state index contributed by atoms with van der Waals surface area (Å²) in [5.74, 6) is 0.195. The molecule has 1 aliphatic rings. The zero-order chi connectivity index (χ0) is 15.2. The summed E-state index contributed by atoms with van der Waals surface area (Å²) in [6.07, 6.45) is 3.91. The van der Waals surface area contributed by atoms with Gasteiger partial charge >= 0.3 is 0 Å². The Kier molecular flexibility index (Phi) is 5.82. The number of nitrogens with two attached hydrogens (primary N) is 1. The van der Waals surface area contributed by atoms with E-state index in [9.17, 15) is 4.79 Å². The lowest BCUT2D eigenvalue weighted by molar-refractivity contribution is -0.131. The summed E-state index contributed by atoms with van der Waals surface area (Å²) in [4.78, 5) is 14.3. The molecular formula is C15H20ClN3OS. The maximum atomic E-state index is 12.1. The first-order valence-electron chi connectivity index (χ1n) is 7.19. The molecule has 2 rings (SSSR count). The van der Waals surface area contributed by atoms with Gasteiger partial charge in [-0.15, -0.1) is 0 Å². The van der Waals surface area contributed by atoms with Crippen LogP contribution < -0.4 is 11.1 Å². The molecule has 1 heterocycles. The number of amides is 1. The van der Waals surface area contributed by atoms with Crippen LogP contribution in [-0.2, 0) is 4.79 Å². The zero-order valence-electron chi connectivity index (χ0n) is 11.9. The Bertz CT molecular complexity index is 530. The first-order chi connectivity index (χ1) is 10.1. The molecule has 0 saturated carbocycles. The van der Waals surface area contributed by atoms with Crippen molar-refractivity contribution in [3.63, 3.8) is 0 Å². The third kappa shape index (κ3) is 4.32. The number of rotatable bonds is 5. The Morgan fingerprint density at radius 3 is 2.71 bits per heavy atom. The number of carbonyl (C=O) groups excluding carboxylic acids is 1. The minimum atomic E-state index is 0.195. The van der Waals surface area contributed by atoms with E-state index in [1.807, 2.05) is 17.0 Å². The number of nitrogens with zero attached hydrogens (tertiary/aromatic N) is 1. The van der Waals surface area contributed by atoms with Crippen molar-refractivity contribution in [2.75, 3.05) is 25.0 Å². The maximum absolute atomic E-state index is 12.1. The van der Waals surface area contributed by atoms with Crippen molar-refractivity contribution in [3.05, 3.63) is 28.8 Å². The van der Waals surface area contributed by atoms with E-state index < -0.39 is 0 Å². The molecule has 1 fully saturated rings. The number of hydrogen-bond donors (Lipinski definition) is 2. The fourth-order valence-corrected chi connectivity index (χ4v) is 3.08. The quantitative estimate of drug-likeness (QED) is 0.817. The van der Waals surface area contributed by atoms with Crippen LogP contribution in [0.25, 0.3) is 0 Å². The molecule has 0 aliphatic carbocycles. The second-order valence-corrected chi connectivity index (χ2v) is 5.99. The monoisotopic (exact) mass is 325 g/mol. The summed E-state index contributed by atoms with van der Waals surface area (Å²) in [7, 11) is 0. The number of piperidine rings is 1. The summed E-state index contributed by atoms with van der Waals surface area (Å²) in [6, 6.07) is 5.45. The topological polar surface area (TPSA) is 58.4 Å². The third-order valence-electron chi connectivity index (χ3n) is 3.62. The predicted molar refractivity (Wildman–Crippen MR) is 90.9 cm³/mol. The largest absolute Gasteiger partial charge is 0.389 e. The molecule has 0 spiro atoms. The number of anilines is 1. The lowest BCUT2D eigenvalue weighted by atomic mass is 10.1. The molecule has 114 valence electrons. The van der Waals surface area contributed by atoms with Gasteiger partial charge in [0.25, 0.3) is 0 Å². The van der Waals surface area contributed by atoms with Crippen LogP contribution in [0.4, 0.5) is 5.69 Å². The van der Waals surface area contributed by atoms with Gasteiger partial charge in [0, 0.05) is 31.7 Å². The Morgan fingerprint density at radius 2 is 2.05 bits per heavy atom. The lowest BCUT2D eigenvalue weighted by Crippen LogP contribution is -2.36. The smallest absolute Gasteiger partial charge is 0.224 e. The van der Waals surface area contributed by atoms with Gasteiger partial charge in [0.05, 0.1) is 10.6 Å². The SMILES string of the molecule is NC(=S)c1c(Cl)cccc1NCCC(=O)N1CCCCC1. The van der Waals surface area contributed by atoms with Crippen LogP contribution in [0.2, 0.25) is 5.02 Å². The average Bonchev–Trinajstić information content (AvgIpc) is 2.47. The second-order valence-electron chi connectivity index (χ2n) is 5.14. The number of likely N-dealkylation sites (tertiary alicyclic amines) is 1. The third-order valence-corrected chi connectivity index (χ3v) is 4.14. The van der Waals surface area contributed by atoms with E-state index in [1.165, 1.54) is 6.42 Å². The highest BCUT2D eigenvalue weighted by atomic mass is 35.5. The first kappa shape index (κ1) is 16.0. The summed E-state index contributed by atoms with van der Waals surface area (Å²) in [6.45, 7) is 2.31. The van der Waals surface area contributed by atoms with Crippen LogP contribution in [0, 0.1) is 0 Å². The number of benzene rings is 1. The average molecular weight is 326 g/mol. The standard InChI is InChI=1S/C15H20ClN3OS/c16-11-5-4-6-12(14(11)15(17)21)18-8-7-13(20)19-9-2-1-3-10-19/h4-6,18H,1-3,7-10H2,(H2,17,21). The van der Waals surface area contributed by atoms with Crippen molar-refractivity contribution >= 4 is 40.4 Å². The van der Waals surface area contributed by atoms with Gasteiger partial charge < -0.3 is 16.0 Å². The number of nitrogens with one attached hydrogen (secondary N) is 1. The maximum Gasteiger partial charge on any atom is 0.224 e. The zero-order valence-corrected chi connectivity index (χ0v) is 13.5. The molecule has 1 saturated heterocycles. The molecule has 3 N–H and O–H groups in total. The van der Waals surface area contributed by atoms with Crippen LogP contribution in [0.1, 0.15) is 31.2 Å². The minimum Gasteiger partial charge on any atom is -0.389 e. The molecule has 0 radical (unpaired) electrons. The van der Waals surface area contributed by atoms with E-state index >= 15 is 0 Å². The van der Waals surface area contributed by atoms with Gasteiger partial charge in [0.1, 0.15) is 4.99 Å². The molecule has 1 amide bonds. The fraction of sp³-hybridized carbons (Fsp3) is 0.467. The molecule has 21 heavy (non-hydrogen) atoms. The number of carbonyl (C=O) groups is 1. The normalized spacial score (nSPS) is 14.8. The van der Waals surface area contributed by atoms with Crippen molar-refractivity contribution in [1.82, 2.24) is 4.90 Å². The van der Waals surface area contributed by atoms with E-state index in [4.69, 9.17) is 29.6 Å². The van der Waals surface area contributed by atoms with E-state index in [-0.39, 0.29) is 10.9 Å². The van der Waals surface area contributed by atoms with Crippen LogP contribution >= 0.6 is 23.8 Å². The molecular weight excluding hydrogens is 306 g/mol. The lowest BCUT2D eigenvalue weighted by Gasteiger charge is -2.26. The Balaban J connectivity index is 1.90. The summed E-state index contributed by atoms with van der Waals surface area (Å²) in [5, 5.41) is 3.73. The van der Waals surface area contributed by atoms with Crippen LogP contribution in [0.3, 0.4) is 0 Å². The fourth-order valence-electron chi connectivity index (χ4n) is 2.53. The van der Waals surface area contributed by atoms with Crippen molar-refractivity contribution in [1.29, 1.82) is 0 Å². The number of thiocarbonyl (C=S) groups is 1. The minimum absolute atomic E-state index is 0.195. The summed E-state index contributed by atoms with van der Waals surface area (Å²) >= 11 is 11.1. The van der Waals surface area contributed by atoms with E-state index in [1.54, 1.807) is 6.07 Å². The molecule has 0 unspecified atom stereocenters. The highest BCUT2D eigenvalue weighted by Gasteiger charge is 2.16.